The molecular weight excluding hydrogens is 398 g/mol. The average molecular weight is 426 g/mol. The van der Waals surface area contributed by atoms with Gasteiger partial charge in [-0.2, -0.15) is 0 Å². The number of benzene rings is 2. The quantitative estimate of drug-likeness (QED) is 0.604. The van der Waals surface area contributed by atoms with Crippen molar-refractivity contribution in [2.45, 2.75) is 50.3 Å². The first kappa shape index (κ1) is 20.9. The number of aliphatic hydroxyl groups excluding tert-OH is 2. The van der Waals surface area contributed by atoms with Gasteiger partial charge in [-0.1, -0.05) is 48.2 Å². The van der Waals surface area contributed by atoms with Gasteiger partial charge in [-0.3, -0.25) is 9.79 Å². The molecule has 2 aliphatic rings. The fourth-order valence-corrected chi connectivity index (χ4v) is 5.57. The Balaban J connectivity index is 1.47. The van der Waals surface area contributed by atoms with Gasteiger partial charge in [0.05, 0.1) is 18.1 Å². The van der Waals surface area contributed by atoms with Crippen LogP contribution in [-0.2, 0) is 11.3 Å². The van der Waals surface area contributed by atoms with Gasteiger partial charge in [0, 0.05) is 17.5 Å². The normalized spacial score (nSPS) is 27.9. The van der Waals surface area contributed by atoms with Crippen molar-refractivity contribution in [3.8, 4) is 0 Å². The molecule has 1 amide bonds. The molecule has 158 valence electrons. The Morgan fingerprint density at radius 3 is 2.53 bits per heavy atom. The SMILES string of the molecule is Cc1cc(C)cc(NC2=N[C@H]3[C@@H](O)[C@H](O)C[C@H](C(=O)NCc4ccccc4)[C@H]3S2)c1. The molecule has 2 aromatic rings. The number of thioether (sulfide) groups is 1. The number of nitrogens with one attached hydrogen (secondary N) is 2. The molecule has 4 N–H and O–H groups in total. The molecule has 1 saturated carbocycles. The standard InChI is InChI=1S/C23H27N3O3S/c1-13-8-14(2)10-16(9-13)25-23-26-19-20(28)18(27)11-17(21(19)30-23)22(29)24-12-15-6-4-3-5-7-15/h3-10,17-21,27-28H,11-12H2,1-2H3,(H,24,29)(H,25,26)/t17-,18+,19-,20-,21+/m0/s1. The molecule has 30 heavy (non-hydrogen) atoms. The second-order valence-electron chi connectivity index (χ2n) is 8.11. The second-order valence-corrected chi connectivity index (χ2v) is 9.28. The van der Waals surface area contributed by atoms with Crippen LogP contribution in [0.15, 0.2) is 53.5 Å². The van der Waals surface area contributed by atoms with Crippen molar-refractivity contribution in [2.24, 2.45) is 10.9 Å². The minimum atomic E-state index is -0.973. The Morgan fingerprint density at radius 2 is 1.83 bits per heavy atom. The highest BCUT2D eigenvalue weighted by Crippen LogP contribution is 2.41. The smallest absolute Gasteiger partial charge is 0.224 e. The van der Waals surface area contributed by atoms with Crippen LogP contribution in [-0.4, -0.2) is 44.8 Å². The second kappa shape index (κ2) is 8.79. The van der Waals surface area contributed by atoms with Crippen LogP contribution in [0.3, 0.4) is 0 Å². The van der Waals surface area contributed by atoms with E-state index < -0.39 is 24.2 Å². The molecule has 0 saturated heterocycles. The van der Waals surface area contributed by atoms with Gasteiger partial charge in [0.15, 0.2) is 5.17 Å². The summed E-state index contributed by atoms with van der Waals surface area (Å²) < 4.78 is 0. The third-order valence-corrected chi connectivity index (χ3v) is 6.92. The number of amides is 1. The first-order valence-corrected chi connectivity index (χ1v) is 11.1. The summed E-state index contributed by atoms with van der Waals surface area (Å²) in [5.74, 6) is -0.542. The lowest BCUT2D eigenvalue weighted by Gasteiger charge is -2.37. The van der Waals surface area contributed by atoms with Gasteiger partial charge in [0.25, 0.3) is 0 Å². The van der Waals surface area contributed by atoms with Crippen LogP contribution in [0.2, 0.25) is 0 Å². The Labute approximate surface area is 180 Å². The predicted molar refractivity (Wildman–Crippen MR) is 121 cm³/mol. The summed E-state index contributed by atoms with van der Waals surface area (Å²) in [6, 6.07) is 15.4. The number of aryl methyl sites for hydroxylation is 2. The topological polar surface area (TPSA) is 94.0 Å². The highest BCUT2D eigenvalue weighted by molar-refractivity contribution is 8.15. The van der Waals surface area contributed by atoms with E-state index in [1.165, 1.54) is 11.8 Å². The van der Waals surface area contributed by atoms with Crippen molar-refractivity contribution in [1.29, 1.82) is 0 Å². The minimum Gasteiger partial charge on any atom is -0.390 e. The lowest BCUT2D eigenvalue weighted by atomic mass is 9.81. The maximum atomic E-state index is 12.9. The van der Waals surface area contributed by atoms with Crippen molar-refractivity contribution in [3.05, 3.63) is 65.2 Å². The molecule has 0 aromatic heterocycles. The van der Waals surface area contributed by atoms with E-state index in [1.54, 1.807) is 0 Å². The van der Waals surface area contributed by atoms with Crippen molar-refractivity contribution >= 4 is 28.5 Å². The highest BCUT2D eigenvalue weighted by atomic mass is 32.2. The van der Waals surface area contributed by atoms with E-state index in [9.17, 15) is 15.0 Å². The molecule has 1 aliphatic carbocycles. The molecule has 2 aromatic carbocycles. The highest BCUT2D eigenvalue weighted by Gasteiger charge is 2.50. The molecule has 4 rings (SSSR count). The van der Waals surface area contributed by atoms with Gasteiger partial charge in [-0.15, -0.1) is 0 Å². The minimum absolute atomic E-state index is 0.116. The van der Waals surface area contributed by atoms with Gasteiger partial charge >= 0.3 is 0 Å². The number of nitrogens with zero attached hydrogens (tertiary/aromatic N) is 1. The Hall–Kier alpha value is -2.35. The average Bonchev–Trinajstić information content (AvgIpc) is 3.12. The van der Waals surface area contributed by atoms with Crippen molar-refractivity contribution in [1.82, 2.24) is 5.32 Å². The summed E-state index contributed by atoms with van der Waals surface area (Å²) in [7, 11) is 0. The number of rotatable bonds is 4. The first-order chi connectivity index (χ1) is 14.4. The monoisotopic (exact) mass is 425 g/mol. The van der Waals surface area contributed by atoms with Crippen molar-refractivity contribution in [2.75, 3.05) is 5.32 Å². The molecule has 1 fully saturated rings. The lowest BCUT2D eigenvalue weighted by Crippen LogP contribution is -2.53. The number of fused-ring (bicyclic) bond motifs is 1. The fourth-order valence-electron chi connectivity index (χ4n) is 4.19. The summed E-state index contributed by atoms with van der Waals surface area (Å²) in [4.78, 5) is 17.6. The molecular formula is C23H27N3O3S. The number of aliphatic hydroxyl groups is 2. The van der Waals surface area contributed by atoms with Crippen LogP contribution in [0.25, 0.3) is 0 Å². The third kappa shape index (κ3) is 4.53. The summed E-state index contributed by atoms with van der Waals surface area (Å²) in [6.45, 7) is 4.51. The van der Waals surface area contributed by atoms with Crippen LogP contribution < -0.4 is 10.6 Å². The van der Waals surface area contributed by atoms with Gasteiger partial charge in [-0.05, 0) is 49.1 Å². The predicted octanol–water partition coefficient (Wildman–Crippen LogP) is 2.61. The van der Waals surface area contributed by atoms with Gasteiger partial charge < -0.3 is 20.8 Å². The van der Waals surface area contributed by atoms with Gasteiger partial charge in [0.2, 0.25) is 5.91 Å². The number of hydrogen-bond donors (Lipinski definition) is 4. The van der Waals surface area contributed by atoms with Crippen LogP contribution in [0, 0.1) is 19.8 Å². The van der Waals surface area contributed by atoms with E-state index in [-0.39, 0.29) is 17.6 Å². The zero-order valence-corrected chi connectivity index (χ0v) is 17.9. The number of anilines is 1. The Morgan fingerprint density at radius 1 is 1.13 bits per heavy atom. The van der Waals surface area contributed by atoms with E-state index in [2.05, 4.69) is 21.7 Å². The Bertz CT molecular complexity index is 930. The molecule has 0 bridgehead atoms. The molecule has 1 aliphatic heterocycles. The van der Waals surface area contributed by atoms with E-state index in [4.69, 9.17) is 0 Å². The van der Waals surface area contributed by atoms with E-state index >= 15 is 0 Å². The first-order valence-electron chi connectivity index (χ1n) is 10.2. The zero-order valence-electron chi connectivity index (χ0n) is 17.1. The number of carbonyl (C=O) groups is 1. The van der Waals surface area contributed by atoms with E-state index in [1.807, 2.05) is 56.3 Å². The number of hydrogen-bond acceptors (Lipinski definition) is 6. The third-order valence-electron chi connectivity index (χ3n) is 5.61. The maximum Gasteiger partial charge on any atom is 0.224 e. The fraction of sp³-hybridized carbons (Fsp3) is 0.391. The van der Waals surface area contributed by atoms with Gasteiger partial charge in [0.1, 0.15) is 6.10 Å². The molecule has 0 spiro atoms. The van der Waals surface area contributed by atoms with Crippen molar-refractivity contribution in [3.63, 3.8) is 0 Å². The molecule has 7 heteroatoms. The molecule has 5 atom stereocenters. The molecule has 0 radical (unpaired) electrons. The zero-order chi connectivity index (χ0) is 21.3. The lowest BCUT2D eigenvalue weighted by molar-refractivity contribution is -0.129. The summed E-state index contributed by atoms with van der Waals surface area (Å²) in [6.07, 6.45) is -1.72. The summed E-state index contributed by atoms with van der Waals surface area (Å²) in [5, 5.41) is 27.6. The number of carbonyl (C=O) groups excluding carboxylic acids is 1. The summed E-state index contributed by atoms with van der Waals surface area (Å²) in [5.41, 5.74) is 4.24. The number of amidine groups is 1. The van der Waals surface area contributed by atoms with Crippen LogP contribution in [0.5, 0.6) is 0 Å². The Kier molecular flexibility index (Phi) is 6.13. The van der Waals surface area contributed by atoms with Gasteiger partial charge in [-0.25, -0.2) is 0 Å². The van der Waals surface area contributed by atoms with Crippen LogP contribution >= 0.6 is 11.8 Å². The molecule has 6 nitrogen and oxygen atoms in total. The van der Waals surface area contributed by atoms with E-state index in [0.29, 0.717) is 11.7 Å². The summed E-state index contributed by atoms with van der Waals surface area (Å²) >= 11 is 1.47. The van der Waals surface area contributed by atoms with E-state index in [0.717, 1.165) is 22.4 Å². The molecule has 0 unspecified atom stereocenters. The van der Waals surface area contributed by atoms with Crippen LogP contribution in [0.4, 0.5) is 5.69 Å². The molecule has 1 heterocycles. The largest absolute Gasteiger partial charge is 0.390 e. The maximum absolute atomic E-state index is 12.9. The number of aliphatic imine (C=N–C) groups is 1. The van der Waals surface area contributed by atoms with Crippen molar-refractivity contribution < 1.29 is 15.0 Å². The van der Waals surface area contributed by atoms with Crippen LogP contribution in [0.1, 0.15) is 23.1 Å².